The van der Waals surface area contributed by atoms with Gasteiger partial charge in [-0.2, -0.15) is 0 Å². The summed E-state index contributed by atoms with van der Waals surface area (Å²) in [6.07, 6.45) is 2.59. The van der Waals surface area contributed by atoms with Crippen molar-refractivity contribution in [3.63, 3.8) is 0 Å². The summed E-state index contributed by atoms with van der Waals surface area (Å²) in [5.74, 6) is 1.59. The number of hydrogen-bond donors (Lipinski definition) is 0. The van der Waals surface area contributed by atoms with Gasteiger partial charge in [0.15, 0.2) is 5.82 Å². The van der Waals surface area contributed by atoms with Gasteiger partial charge in [-0.05, 0) is 49.7 Å². The Labute approximate surface area is 165 Å². The lowest BCUT2D eigenvalue weighted by Crippen LogP contribution is -2.36. The summed E-state index contributed by atoms with van der Waals surface area (Å²) in [6, 6.07) is 13.7. The van der Waals surface area contributed by atoms with Crippen LogP contribution < -0.4 is 4.74 Å². The zero-order chi connectivity index (χ0) is 19.7. The number of methoxy groups -OCH3 is 1. The fourth-order valence-electron chi connectivity index (χ4n) is 3.51. The molecule has 5 heteroatoms. The van der Waals surface area contributed by atoms with Gasteiger partial charge in [-0.15, -0.1) is 0 Å². The maximum absolute atomic E-state index is 13.0. The maximum atomic E-state index is 13.0. The van der Waals surface area contributed by atoms with Crippen molar-refractivity contribution in [3.8, 4) is 17.1 Å². The van der Waals surface area contributed by atoms with Crippen molar-refractivity contribution in [3.05, 3.63) is 76.6 Å². The van der Waals surface area contributed by atoms with Crippen molar-refractivity contribution < 1.29 is 9.53 Å². The molecule has 2 heterocycles. The predicted molar refractivity (Wildman–Crippen MR) is 108 cm³/mol. The SMILES string of the molecule is COc1ccc(-c2ncc3c(n2)CCN(C(=O)c2cc(C)ccc2C)C3)cc1. The second kappa shape index (κ2) is 7.43. The number of hydrogen-bond acceptors (Lipinski definition) is 4. The Balaban J connectivity index is 1.56. The van der Waals surface area contributed by atoms with E-state index in [9.17, 15) is 4.79 Å². The number of benzene rings is 2. The van der Waals surface area contributed by atoms with Crippen molar-refractivity contribution in [1.82, 2.24) is 14.9 Å². The number of fused-ring (bicyclic) bond motifs is 1. The highest BCUT2D eigenvalue weighted by Gasteiger charge is 2.24. The summed E-state index contributed by atoms with van der Waals surface area (Å²) in [7, 11) is 1.65. The van der Waals surface area contributed by atoms with Crippen LogP contribution >= 0.6 is 0 Å². The van der Waals surface area contributed by atoms with Crippen LogP contribution in [0.3, 0.4) is 0 Å². The highest BCUT2D eigenvalue weighted by molar-refractivity contribution is 5.96. The fraction of sp³-hybridized carbons (Fsp3) is 0.261. The molecular weight excluding hydrogens is 350 g/mol. The second-order valence-electron chi connectivity index (χ2n) is 7.19. The van der Waals surface area contributed by atoms with Crippen molar-refractivity contribution in [1.29, 1.82) is 0 Å². The highest BCUT2D eigenvalue weighted by atomic mass is 16.5. The first kappa shape index (κ1) is 18.2. The standard InChI is InChI=1S/C23H23N3O2/c1-15-4-5-16(2)20(12-15)23(27)26-11-10-21-18(14-26)13-24-22(25-21)17-6-8-19(28-3)9-7-17/h4-9,12-13H,10-11,14H2,1-3H3. The van der Waals surface area contributed by atoms with Gasteiger partial charge in [-0.1, -0.05) is 17.7 Å². The predicted octanol–water partition coefficient (Wildman–Crippen LogP) is 3.97. The first-order valence-corrected chi connectivity index (χ1v) is 9.41. The summed E-state index contributed by atoms with van der Waals surface area (Å²) in [5.41, 5.74) is 5.87. The van der Waals surface area contributed by atoms with Crippen molar-refractivity contribution >= 4 is 5.91 Å². The van der Waals surface area contributed by atoms with E-state index in [1.54, 1.807) is 7.11 Å². The molecule has 0 saturated heterocycles. The van der Waals surface area contributed by atoms with Crippen LogP contribution in [-0.4, -0.2) is 34.4 Å². The van der Waals surface area contributed by atoms with Gasteiger partial charge in [0.05, 0.1) is 12.8 Å². The molecule has 1 aliphatic heterocycles. The molecule has 4 rings (SSSR count). The molecule has 0 bridgehead atoms. The minimum Gasteiger partial charge on any atom is -0.497 e. The first-order valence-electron chi connectivity index (χ1n) is 9.41. The maximum Gasteiger partial charge on any atom is 0.254 e. The zero-order valence-corrected chi connectivity index (χ0v) is 16.4. The molecule has 28 heavy (non-hydrogen) atoms. The summed E-state index contributed by atoms with van der Waals surface area (Å²) in [5, 5.41) is 0. The summed E-state index contributed by atoms with van der Waals surface area (Å²) in [4.78, 5) is 24.2. The van der Waals surface area contributed by atoms with E-state index >= 15 is 0 Å². The Morgan fingerprint density at radius 2 is 1.89 bits per heavy atom. The lowest BCUT2D eigenvalue weighted by Gasteiger charge is -2.29. The van der Waals surface area contributed by atoms with Crippen LogP contribution in [0.2, 0.25) is 0 Å². The van der Waals surface area contributed by atoms with Crippen LogP contribution in [0.5, 0.6) is 5.75 Å². The quantitative estimate of drug-likeness (QED) is 0.697. The topological polar surface area (TPSA) is 55.3 Å². The van der Waals surface area contributed by atoms with Gasteiger partial charge in [-0.25, -0.2) is 9.97 Å². The van der Waals surface area contributed by atoms with E-state index in [2.05, 4.69) is 4.98 Å². The number of carbonyl (C=O) groups excluding carboxylic acids is 1. The molecule has 0 N–H and O–H groups in total. The number of nitrogens with zero attached hydrogens (tertiary/aromatic N) is 3. The van der Waals surface area contributed by atoms with Crippen LogP contribution in [-0.2, 0) is 13.0 Å². The van der Waals surface area contributed by atoms with Crippen molar-refractivity contribution in [2.75, 3.05) is 13.7 Å². The number of amides is 1. The van der Waals surface area contributed by atoms with Gasteiger partial charge < -0.3 is 9.64 Å². The van der Waals surface area contributed by atoms with Crippen LogP contribution in [0.25, 0.3) is 11.4 Å². The lowest BCUT2D eigenvalue weighted by atomic mass is 10.0. The van der Waals surface area contributed by atoms with Crippen LogP contribution in [0.15, 0.2) is 48.7 Å². The van der Waals surface area contributed by atoms with E-state index in [4.69, 9.17) is 9.72 Å². The normalized spacial score (nSPS) is 13.2. The molecule has 1 amide bonds. The molecule has 2 aromatic carbocycles. The molecule has 1 aliphatic rings. The van der Waals surface area contributed by atoms with Gasteiger partial charge in [0.1, 0.15) is 5.75 Å². The van der Waals surface area contributed by atoms with Crippen molar-refractivity contribution in [2.24, 2.45) is 0 Å². The van der Waals surface area contributed by atoms with Crippen molar-refractivity contribution in [2.45, 2.75) is 26.8 Å². The van der Waals surface area contributed by atoms with Gasteiger partial charge >= 0.3 is 0 Å². The molecule has 0 unspecified atom stereocenters. The van der Waals surface area contributed by atoms with Crippen LogP contribution in [0, 0.1) is 13.8 Å². The Morgan fingerprint density at radius 3 is 2.64 bits per heavy atom. The third kappa shape index (κ3) is 3.48. The molecule has 5 nitrogen and oxygen atoms in total. The van der Waals surface area contributed by atoms with E-state index in [-0.39, 0.29) is 5.91 Å². The second-order valence-corrected chi connectivity index (χ2v) is 7.19. The van der Waals surface area contributed by atoms with Gasteiger partial charge in [-0.3, -0.25) is 4.79 Å². The monoisotopic (exact) mass is 373 g/mol. The number of rotatable bonds is 3. The van der Waals surface area contributed by atoms with Crippen LogP contribution in [0.1, 0.15) is 32.7 Å². The minimum absolute atomic E-state index is 0.0751. The smallest absolute Gasteiger partial charge is 0.254 e. The molecule has 0 spiro atoms. The minimum atomic E-state index is 0.0751. The first-order chi connectivity index (χ1) is 13.5. The Hall–Kier alpha value is -3.21. The third-order valence-electron chi connectivity index (χ3n) is 5.19. The Bertz CT molecular complexity index is 1030. The lowest BCUT2D eigenvalue weighted by molar-refractivity contribution is 0.0732. The molecule has 3 aromatic rings. The molecule has 0 saturated carbocycles. The molecular formula is C23H23N3O2. The summed E-state index contributed by atoms with van der Waals surface area (Å²) in [6.45, 7) is 5.20. The number of aromatic nitrogens is 2. The largest absolute Gasteiger partial charge is 0.497 e. The van der Waals surface area contributed by atoms with E-state index < -0.39 is 0 Å². The van der Waals surface area contributed by atoms with E-state index in [0.717, 1.165) is 45.7 Å². The third-order valence-corrected chi connectivity index (χ3v) is 5.19. The van der Waals surface area contributed by atoms with E-state index in [1.165, 1.54) is 0 Å². The average molecular weight is 373 g/mol. The van der Waals surface area contributed by atoms with E-state index in [1.807, 2.05) is 67.4 Å². The average Bonchev–Trinajstić information content (AvgIpc) is 2.74. The zero-order valence-electron chi connectivity index (χ0n) is 16.4. The Morgan fingerprint density at radius 1 is 1.11 bits per heavy atom. The summed E-state index contributed by atoms with van der Waals surface area (Å²) >= 11 is 0. The van der Waals surface area contributed by atoms with Gasteiger partial charge in [0.25, 0.3) is 5.91 Å². The molecule has 0 aliphatic carbocycles. The Kier molecular flexibility index (Phi) is 4.82. The number of carbonyl (C=O) groups is 1. The fourth-order valence-corrected chi connectivity index (χ4v) is 3.51. The highest BCUT2D eigenvalue weighted by Crippen LogP contribution is 2.24. The van der Waals surface area contributed by atoms with Gasteiger partial charge in [0.2, 0.25) is 0 Å². The summed E-state index contributed by atoms with van der Waals surface area (Å²) < 4.78 is 5.20. The van der Waals surface area contributed by atoms with Crippen LogP contribution in [0.4, 0.5) is 0 Å². The molecule has 1 aromatic heterocycles. The molecule has 0 atom stereocenters. The number of ether oxygens (including phenoxy) is 1. The molecule has 142 valence electrons. The molecule has 0 fully saturated rings. The van der Waals surface area contributed by atoms with E-state index in [0.29, 0.717) is 18.9 Å². The molecule has 0 radical (unpaired) electrons. The number of aryl methyl sites for hydroxylation is 2. The van der Waals surface area contributed by atoms with Gasteiger partial charge in [0, 0.05) is 42.4 Å².